The summed E-state index contributed by atoms with van der Waals surface area (Å²) in [6.45, 7) is 32.4. The number of rotatable bonds is 9. The second-order valence-corrected chi connectivity index (χ2v) is 19.1. The van der Waals surface area contributed by atoms with Crippen molar-refractivity contribution in [1.82, 2.24) is 14.7 Å². The topological polar surface area (TPSA) is 109 Å². The number of piperidine rings is 3. The van der Waals surface area contributed by atoms with Gasteiger partial charge < -0.3 is 13.6 Å². The van der Waals surface area contributed by atoms with E-state index in [1.54, 1.807) is 0 Å². The standard InChI is InChI=1S/C36H63N6O3P/c1-25(22-37)40-31(4,5)16-28(17-32(40,6)7)43-46(44-29-18-33(8,9)41(26(2)23-38)34(10,11)19-29)45-30-20-35(12,13)42(27(3)24-39)36(14,15)21-30/h25-30H,16-21H2,1-15H3. The van der Waals surface area contributed by atoms with Gasteiger partial charge in [0.25, 0.3) is 0 Å². The third kappa shape index (κ3) is 8.26. The zero-order valence-corrected chi connectivity index (χ0v) is 32.5. The Hall–Kier alpha value is -1.34. The zero-order chi connectivity index (χ0) is 35.3. The minimum atomic E-state index is -1.73. The molecule has 0 spiro atoms. The predicted molar refractivity (Wildman–Crippen MR) is 184 cm³/mol. The van der Waals surface area contributed by atoms with Crippen LogP contribution in [-0.2, 0) is 13.6 Å². The van der Waals surface area contributed by atoms with Gasteiger partial charge in [-0.3, -0.25) is 14.7 Å². The summed E-state index contributed by atoms with van der Waals surface area (Å²) in [5.41, 5.74) is -1.54. The number of nitrogens with zero attached hydrogens (tertiary/aromatic N) is 6. The average Bonchev–Trinajstić information content (AvgIpc) is 2.83. The number of hydrogen-bond acceptors (Lipinski definition) is 9. The summed E-state index contributed by atoms with van der Waals surface area (Å²) in [6, 6.07) is 6.75. The van der Waals surface area contributed by atoms with Crippen LogP contribution in [0.3, 0.4) is 0 Å². The van der Waals surface area contributed by atoms with Crippen molar-refractivity contribution in [3.8, 4) is 18.2 Å². The van der Waals surface area contributed by atoms with Gasteiger partial charge in [0, 0.05) is 33.2 Å². The van der Waals surface area contributed by atoms with Crippen LogP contribution in [0.5, 0.6) is 0 Å². The maximum atomic E-state index is 9.83. The molecule has 0 aromatic carbocycles. The molecule has 3 aliphatic rings. The quantitative estimate of drug-likeness (QED) is 0.227. The molecule has 0 N–H and O–H groups in total. The summed E-state index contributed by atoms with van der Waals surface area (Å²) in [6.07, 6.45) is 4.27. The van der Waals surface area contributed by atoms with Crippen molar-refractivity contribution in [2.45, 2.75) is 212 Å². The first-order valence-corrected chi connectivity index (χ1v) is 18.3. The van der Waals surface area contributed by atoms with Crippen LogP contribution in [0.25, 0.3) is 0 Å². The Morgan fingerprint density at radius 3 is 0.783 bits per heavy atom. The first-order valence-electron chi connectivity index (χ1n) is 17.2. The Kier molecular flexibility index (Phi) is 11.5. The van der Waals surface area contributed by atoms with Gasteiger partial charge in [0.1, 0.15) is 0 Å². The van der Waals surface area contributed by atoms with E-state index in [1.165, 1.54) is 0 Å². The van der Waals surface area contributed by atoms with Gasteiger partial charge in [0.05, 0.1) is 54.6 Å². The molecule has 3 rings (SSSR count). The second-order valence-electron chi connectivity index (χ2n) is 18.0. The lowest BCUT2D eigenvalue weighted by Crippen LogP contribution is -2.65. The maximum Gasteiger partial charge on any atom is 0.333 e. The van der Waals surface area contributed by atoms with Crippen molar-refractivity contribution in [1.29, 1.82) is 15.8 Å². The molecule has 0 aromatic heterocycles. The Morgan fingerprint density at radius 2 is 0.630 bits per heavy atom. The summed E-state index contributed by atoms with van der Waals surface area (Å²) in [5.74, 6) is 0. The molecular formula is C36H63N6O3P. The average molecular weight is 659 g/mol. The largest absolute Gasteiger partial charge is 0.333 e. The van der Waals surface area contributed by atoms with Gasteiger partial charge in [-0.05, 0) is 142 Å². The molecule has 3 atom stereocenters. The lowest BCUT2D eigenvalue weighted by Gasteiger charge is -2.57. The molecular weight excluding hydrogens is 595 g/mol. The second kappa shape index (κ2) is 13.5. The lowest BCUT2D eigenvalue weighted by molar-refractivity contribution is -0.113. The normalized spacial score (nSPS) is 29.5. The van der Waals surface area contributed by atoms with Crippen LogP contribution in [0.15, 0.2) is 0 Å². The monoisotopic (exact) mass is 658 g/mol. The molecule has 260 valence electrons. The Labute approximate surface area is 282 Å². The van der Waals surface area contributed by atoms with Crippen LogP contribution in [0.4, 0.5) is 0 Å². The SMILES string of the molecule is CC(C#N)N1C(C)(C)CC(OP(OC2CC(C)(C)N(C(C)C#N)C(C)(C)C2)OC2CC(C)(C)N(C(C)C#N)C(C)(C)C2)CC1(C)C. The van der Waals surface area contributed by atoms with Crippen molar-refractivity contribution in [3.05, 3.63) is 0 Å². The fourth-order valence-corrected chi connectivity index (χ4v) is 11.9. The predicted octanol–water partition coefficient (Wildman–Crippen LogP) is 8.06. The van der Waals surface area contributed by atoms with Gasteiger partial charge in [-0.25, -0.2) is 0 Å². The summed E-state index contributed by atoms with van der Waals surface area (Å²) >= 11 is 0. The first-order chi connectivity index (χ1) is 20.8. The molecule has 3 saturated heterocycles. The number of hydrogen-bond donors (Lipinski definition) is 0. The van der Waals surface area contributed by atoms with E-state index >= 15 is 0 Å². The van der Waals surface area contributed by atoms with Gasteiger partial charge in [-0.1, -0.05) is 0 Å². The highest BCUT2D eigenvalue weighted by Gasteiger charge is 2.53. The van der Waals surface area contributed by atoms with E-state index in [-0.39, 0.29) is 69.7 Å². The molecule has 0 saturated carbocycles. The first kappa shape index (κ1) is 39.1. The third-order valence-electron chi connectivity index (χ3n) is 10.7. The van der Waals surface area contributed by atoms with Crippen LogP contribution in [0, 0.1) is 34.0 Å². The fraction of sp³-hybridized carbons (Fsp3) is 0.917. The molecule has 3 unspecified atom stereocenters. The Bertz CT molecular complexity index is 1010. The van der Waals surface area contributed by atoms with Crippen molar-refractivity contribution < 1.29 is 13.6 Å². The molecule has 0 bridgehead atoms. The summed E-state index contributed by atoms with van der Waals surface area (Å²) in [4.78, 5) is 6.99. The van der Waals surface area contributed by atoms with Crippen molar-refractivity contribution in [2.75, 3.05) is 0 Å². The van der Waals surface area contributed by atoms with Crippen molar-refractivity contribution in [3.63, 3.8) is 0 Å². The molecule has 0 aliphatic carbocycles. The van der Waals surface area contributed by atoms with Gasteiger partial charge in [0.15, 0.2) is 0 Å². The van der Waals surface area contributed by atoms with Gasteiger partial charge >= 0.3 is 8.60 Å². The third-order valence-corrected chi connectivity index (χ3v) is 12.1. The maximum absolute atomic E-state index is 9.83. The van der Waals surface area contributed by atoms with Crippen LogP contribution >= 0.6 is 8.60 Å². The van der Waals surface area contributed by atoms with Gasteiger partial charge in [0.2, 0.25) is 0 Å². The lowest BCUT2D eigenvalue weighted by atomic mass is 9.77. The van der Waals surface area contributed by atoms with E-state index in [1.807, 2.05) is 20.8 Å². The van der Waals surface area contributed by atoms with Crippen molar-refractivity contribution >= 4 is 8.60 Å². The summed E-state index contributed by atoms with van der Waals surface area (Å²) in [7, 11) is -1.73. The van der Waals surface area contributed by atoms with E-state index in [2.05, 4.69) is 116 Å². The van der Waals surface area contributed by atoms with Crippen LogP contribution < -0.4 is 0 Å². The highest BCUT2D eigenvalue weighted by molar-refractivity contribution is 7.41. The number of likely N-dealkylation sites (tertiary alicyclic amines) is 3. The van der Waals surface area contributed by atoms with E-state index < -0.39 is 8.60 Å². The van der Waals surface area contributed by atoms with E-state index in [4.69, 9.17) is 13.6 Å². The highest BCUT2D eigenvalue weighted by atomic mass is 31.2. The van der Waals surface area contributed by atoms with Crippen LogP contribution in [-0.4, -0.2) is 84.4 Å². The minimum Gasteiger partial charge on any atom is -0.309 e. The molecule has 3 aliphatic heterocycles. The molecule has 3 fully saturated rings. The summed E-state index contributed by atoms with van der Waals surface area (Å²) < 4.78 is 20.9. The van der Waals surface area contributed by atoms with Gasteiger partial charge in [-0.2, -0.15) is 15.8 Å². The molecule has 0 aromatic rings. The summed E-state index contributed by atoms with van der Waals surface area (Å²) in [5, 5.41) is 29.5. The van der Waals surface area contributed by atoms with E-state index in [0.717, 1.165) is 38.5 Å². The fourth-order valence-electron chi connectivity index (χ4n) is 10.6. The molecule has 9 nitrogen and oxygen atoms in total. The molecule has 0 amide bonds. The van der Waals surface area contributed by atoms with E-state index in [0.29, 0.717) is 0 Å². The Morgan fingerprint density at radius 1 is 0.457 bits per heavy atom. The highest BCUT2D eigenvalue weighted by Crippen LogP contribution is 2.55. The smallest absolute Gasteiger partial charge is 0.309 e. The van der Waals surface area contributed by atoms with Crippen molar-refractivity contribution in [2.24, 2.45) is 0 Å². The number of nitriles is 3. The van der Waals surface area contributed by atoms with E-state index in [9.17, 15) is 15.8 Å². The molecule has 10 heteroatoms. The Balaban J connectivity index is 1.93. The zero-order valence-electron chi connectivity index (χ0n) is 31.6. The molecule has 3 heterocycles. The molecule has 46 heavy (non-hydrogen) atoms. The molecule has 0 radical (unpaired) electrons. The van der Waals surface area contributed by atoms with Crippen LogP contribution in [0.2, 0.25) is 0 Å². The van der Waals surface area contributed by atoms with Gasteiger partial charge in [-0.15, -0.1) is 0 Å². The van der Waals surface area contributed by atoms with Crippen LogP contribution in [0.1, 0.15) is 142 Å². The minimum absolute atomic E-state index is 0.0994.